The molecule has 23 heavy (non-hydrogen) atoms. The van der Waals surface area contributed by atoms with E-state index in [1.54, 1.807) is 38.1 Å². The van der Waals surface area contributed by atoms with E-state index in [9.17, 15) is 5.11 Å². The normalized spacial score (nSPS) is 22.0. The number of benzene rings is 1. The van der Waals surface area contributed by atoms with Crippen molar-refractivity contribution in [1.82, 2.24) is 5.32 Å². The third-order valence-electron chi connectivity index (χ3n) is 3.74. The Morgan fingerprint density at radius 1 is 1.48 bits per heavy atom. The molecule has 0 saturated heterocycles. The highest BCUT2D eigenvalue weighted by molar-refractivity contribution is 5.54. The summed E-state index contributed by atoms with van der Waals surface area (Å²) < 4.78 is 7.19. The summed E-state index contributed by atoms with van der Waals surface area (Å²) in [6, 6.07) is 6.66. The third-order valence-corrected chi connectivity index (χ3v) is 3.74. The van der Waals surface area contributed by atoms with Crippen LogP contribution in [0.15, 0.2) is 30.9 Å². The van der Waals surface area contributed by atoms with E-state index in [0.29, 0.717) is 23.4 Å². The van der Waals surface area contributed by atoms with Crippen LogP contribution in [0.4, 0.5) is 0 Å². The quantitative estimate of drug-likeness (QED) is 0.219. The third kappa shape index (κ3) is 3.33. The summed E-state index contributed by atoms with van der Waals surface area (Å²) in [7, 11) is 0. The molecule has 0 amide bonds. The zero-order chi connectivity index (χ0) is 17.0. The maximum Gasteiger partial charge on any atom is 0.370 e. The Labute approximate surface area is 135 Å². The largest absolute Gasteiger partial charge is 0.485 e. The molecule has 2 N–H and O–H groups in total. The number of rotatable bonds is 4. The van der Waals surface area contributed by atoms with Crippen LogP contribution in [0.1, 0.15) is 31.0 Å². The smallest absolute Gasteiger partial charge is 0.370 e. The highest BCUT2D eigenvalue weighted by Gasteiger charge is 2.44. The molecule has 0 aliphatic carbocycles. The number of hydrogen-bond donors (Lipinski definition) is 2. The maximum absolute atomic E-state index is 10.6. The molecule has 1 aromatic carbocycles. The van der Waals surface area contributed by atoms with Crippen molar-refractivity contribution in [3.8, 4) is 18.0 Å². The molecule has 0 aromatic heterocycles. The van der Waals surface area contributed by atoms with Crippen molar-refractivity contribution < 1.29 is 14.4 Å². The van der Waals surface area contributed by atoms with Gasteiger partial charge in [0.1, 0.15) is 23.5 Å². The van der Waals surface area contributed by atoms with Gasteiger partial charge in [0, 0.05) is 10.8 Å². The number of aliphatic hydroxyl groups excluding tert-OH is 1. The van der Waals surface area contributed by atoms with Crippen molar-refractivity contribution in [2.24, 2.45) is 0 Å². The van der Waals surface area contributed by atoms with E-state index in [0.717, 1.165) is 0 Å². The fourth-order valence-corrected chi connectivity index (χ4v) is 2.48. The second kappa shape index (κ2) is 6.51. The van der Waals surface area contributed by atoms with Gasteiger partial charge in [-0.2, -0.15) is 9.84 Å². The SMILES string of the molecule is C=CC[N+](C#N)=CN[C@H]1c2cc(C#N)ccc2OC(C)(C)[C@@H]1O. The van der Waals surface area contributed by atoms with Gasteiger partial charge in [0.15, 0.2) is 6.34 Å². The minimum absolute atomic E-state index is 0.358. The van der Waals surface area contributed by atoms with Gasteiger partial charge in [0.2, 0.25) is 0 Å². The Hall–Kier alpha value is -2.83. The number of nitrogens with zero attached hydrogens (tertiary/aromatic N) is 3. The lowest BCUT2D eigenvalue weighted by atomic mass is 9.86. The van der Waals surface area contributed by atoms with Crippen molar-refractivity contribution in [2.45, 2.75) is 31.6 Å². The van der Waals surface area contributed by atoms with Gasteiger partial charge in [0.05, 0.1) is 18.2 Å². The lowest BCUT2D eigenvalue weighted by Gasteiger charge is -2.40. The molecule has 1 aliphatic rings. The van der Waals surface area contributed by atoms with Gasteiger partial charge in [-0.25, -0.2) is 0 Å². The minimum atomic E-state index is -0.857. The maximum atomic E-state index is 10.6. The molecule has 6 nitrogen and oxygen atoms in total. The first-order chi connectivity index (χ1) is 10.9. The summed E-state index contributed by atoms with van der Waals surface area (Å²) in [4.78, 5) is 0. The molecule has 1 heterocycles. The Bertz CT molecular complexity index is 725. The fraction of sp³-hybridized carbons (Fsp3) is 0.353. The highest BCUT2D eigenvalue weighted by atomic mass is 16.5. The Kier molecular flexibility index (Phi) is 4.68. The summed E-state index contributed by atoms with van der Waals surface area (Å²) in [5, 5.41) is 31.8. The molecule has 2 atom stereocenters. The van der Waals surface area contributed by atoms with E-state index in [4.69, 9.17) is 15.3 Å². The molecule has 0 spiro atoms. The molecule has 0 fully saturated rings. The van der Waals surface area contributed by atoms with Crippen LogP contribution in [0.5, 0.6) is 5.75 Å². The van der Waals surface area contributed by atoms with E-state index in [1.165, 1.54) is 10.9 Å². The standard InChI is InChI=1S/C17H18N4O2/c1-4-7-21(10-19)11-20-15-13-8-12(9-18)5-6-14(13)23-17(2,3)16(15)22/h4-6,8,11,15-16,22H,1,7H2,2-3H3/p+1/t15-,16+/m0/s1. The highest BCUT2D eigenvalue weighted by Crippen LogP contribution is 2.39. The molecule has 1 aromatic rings. The number of nitriles is 2. The van der Waals surface area contributed by atoms with Crippen molar-refractivity contribution in [1.29, 1.82) is 10.5 Å². The van der Waals surface area contributed by atoms with Crippen LogP contribution in [0.2, 0.25) is 0 Å². The van der Waals surface area contributed by atoms with E-state index in [2.05, 4.69) is 18.0 Å². The predicted molar refractivity (Wildman–Crippen MR) is 84.7 cm³/mol. The van der Waals surface area contributed by atoms with Crippen LogP contribution in [0.3, 0.4) is 0 Å². The van der Waals surface area contributed by atoms with Gasteiger partial charge >= 0.3 is 6.19 Å². The van der Waals surface area contributed by atoms with E-state index in [-0.39, 0.29) is 0 Å². The summed E-state index contributed by atoms with van der Waals surface area (Å²) in [5.74, 6) is 0.609. The number of hydrogen-bond acceptors (Lipinski definition) is 4. The van der Waals surface area contributed by atoms with Gasteiger partial charge < -0.3 is 15.2 Å². The van der Waals surface area contributed by atoms with Gasteiger partial charge in [0.25, 0.3) is 0 Å². The topological polar surface area (TPSA) is 92.1 Å². The number of ether oxygens (including phenoxy) is 1. The molecule has 0 radical (unpaired) electrons. The van der Waals surface area contributed by atoms with Crippen LogP contribution < -0.4 is 10.1 Å². The van der Waals surface area contributed by atoms with Gasteiger partial charge in [-0.1, -0.05) is 12.7 Å². The summed E-state index contributed by atoms with van der Waals surface area (Å²) in [6.07, 6.45) is 4.25. The fourth-order valence-electron chi connectivity index (χ4n) is 2.48. The van der Waals surface area contributed by atoms with Crippen LogP contribution >= 0.6 is 0 Å². The van der Waals surface area contributed by atoms with Crippen molar-refractivity contribution in [3.63, 3.8) is 0 Å². The molecule has 0 bridgehead atoms. The van der Waals surface area contributed by atoms with Gasteiger partial charge in [-0.05, 0) is 32.0 Å². The van der Waals surface area contributed by atoms with Crippen molar-refractivity contribution >= 4 is 6.34 Å². The number of aliphatic hydroxyl groups is 1. The molecule has 0 saturated carbocycles. The average Bonchev–Trinajstić information content (AvgIpc) is 2.53. The predicted octanol–water partition coefficient (Wildman–Crippen LogP) is 1.43. The molecular formula is C17H19N4O2+. The molecule has 1 aliphatic heterocycles. The Balaban J connectivity index is 2.43. The molecule has 6 heteroatoms. The van der Waals surface area contributed by atoms with Gasteiger partial charge in [-0.15, -0.1) is 0 Å². The first kappa shape index (κ1) is 16.5. The van der Waals surface area contributed by atoms with E-state index in [1.807, 2.05) is 6.19 Å². The van der Waals surface area contributed by atoms with Crippen LogP contribution in [0, 0.1) is 22.8 Å². The lowest BCUT2D eigenvalue weighted by molar-refractivity contribution is -0.424. The first-order valence-electron chi connectivity index (χ1n) is 7.20. The first-order valence-corrected chi connectivity index (χ1v) is 7.20. The monoisotopic (exact) mass is 311 g/mol. The Morgan fingerprint density at radius 3 is 2.83 bits per heavy atom. The van der Waals surface area contributed by atoms with Crippen LogP contribution in [-0.2, 0) is 0 Å². The van der Waals surface area contributed by atoms with E-state index < -0.39 is 17.7 Å². The summed E-state index contributed by atoms with van der Waals surface area (Å²) in [6.45, 7) is 7.53. The molecule has 2 rings (SSSR count). The number of fused-ring (bicyclic) bond motifs is 1. The second-order valence-electron chi connectivity index (χ2n) is 5.83. The second-order valence-corrected chi connectivity index (χ2v) is 5.83. The average molecular weight is 311 g/mol. The molecular weight excluding hydrogens is 292 g/mol. The zero-order valence-electron chi connectivity index (χ0n) is 13.2. The molecule has 118 valence electrons. The zero-order valence-corrected chi connectivity index (χ0v) is 13.2. The van der Waals surface area contributed by atoms with Crippen LogP contribution in [-0.4, -0.2) is 34.3 Å². The number of nitrogens with one attached hydrogen (secondary N) is 1. The lowest BCUT2D eigenvalue weighted by Crippen LogP contribution is -2.52. The Morgan fingerprint density at radius 2 is 2.22 bits per heavy atom. The van der Waals surface area contributed by atoms with Gasteiger partial charge in [-0.3, -0.25) is 0 Å². The van der Waals surface area contributed by atoms with Crippen molar-refractivity contribution in [2.75, 3.05) is 6.54 Å². The van der Waals surface area contributed by atoms with Crippen LogP contribution in [0.25, 0.3) is 0 Å². The summed E-state index contributed by atoms with van der Waals surface area (Å²) >= 11 is 0. The van der Waals surface area contributed by atoms with Crippen molar-refractivity contribution in [3.05, 3.63) is 42.0 Å². The minimum Gasteiger partial charge on any atom is -0.485 e. The summed E-state index contributed by atoms with van der Waals surface area (Å²) in [5.41, 5.74) is 0.362. The van der Waals surface area contributed by atoms with E-state index >= 15 is 0 Å². The molecule has 0 unspecified atom stereocenters.